The minimum atomic E-state index is -1.06. The largest absolute Gasteiger partial charge is 0.361 e. The molecule has 2 rings (SSSR count). The van der Waals surface area contributed by atoms with E-state index in [1.165, 1.54) is 0 Å². The van der Waals surface area contributed by atoms with E-state index in [4.69, 9.17) is 4.74 Å². The Morgan fingerprint density at radius 3 is 2.75 bits per heavy atom. The lowest BCUT2D eigenvalue weighted by atomic mass is 10.3. The molecule has 2 aromatic heterocycles. The second kappa shape index (κ2) is 5.87. The average Bonchev–Trinajstić information content (AvgIpc) is 2.67. The molecule has 0 aliphatic carbocycles. The van der Waals surface area contributed by atoms with Crippen LogP contribution in [0.25, 0.3) is 10.9 Å². The molecule has 0 radical (unpaired) electrons. The third kappa shape index (κ3) is 3.42. The summed E-state index contributed by atoms with van der Waals surface area (Å²) in [4.78, 5) is 14.6. The SMILES string of the molecule is Cc1cc2c(=O)[nH]cc(Br)c2n1COCC[Si](C)(C)C. The fourth-order valence-electron chi connectivity index (χ4n) is 2.08. The maximum atomic E-state index is 11.8. The van der Waals surface area contributed by atoms with Crippen molar-refractivity contribution in [3.05, 3.63) is 32.8 Å². The molecule has 0 fully saturated rings. The minimum Gasteiger partial charge on any atom is -0.361 e. The molecule has 0 aliphatic heterocycles. The van der Waals surface area contributed by atoms with Crippen LogP contribution in [0.5, 0.6) is 0 Å². The molecule has 0 bridgehead atoms. The highest BCUT2D eigenvalue weighted by Crippen LogP contribution is 2.24. The molecule has 0 saturated carbocycles. The Balaban J connectivity index is 2.20. The minimum absolute atomic E-state index is 0.0628. The topological polar surface area (TPSA) is 47.0 Å². The monoisotopic (exact) mass is 356 g/mol. The van der Waals surface area contributed by atoms with Crippen LogP contribution in [0.15, 0.2) is 21.5 Å². The van der Waals surface area contributed by atoms with E-state index in [1.54, 1.807) is 6.20 Å². The second-order valence-corrected chi connectivity index (χ2v) is 12.8. The highest BCUT2D eigenvalue weighted by molar-refractivity contribution is 9.10. The summed E-state index contributed by atoms with van der Waals surface area (Å²) in [6.45, 7) is 10.3. The van der Waals surface area contributed by atoms with Gasteiger partial charge in [-0.3, -0.25) is 4.79 Å². The number of nitrogens with zero attached hydrogens (tertiary/aromatic N) is 1. The van der Waals surface area contributed by atoms with Crippen LogP contribution < -0.4 is 5.56 Å². The summed E-state index contributed by atoms with van der Waals surface area (Å²) in [6.07, 6.45) is 1.68. The summed E-state index contributed by atoms with van der Waals surface area (Å²) < 4.78 is 8.73. The zero-order chi connectivity index (χ0) is 14.9. The van der Waals surface area contributed by atoms with Gasteiger partial charge in [-0.05, 0) is 35.0 Å². The van der Waals surface area contributed by atoms with Crippen molar-refractivity contribution in [2.24, 2.45) is 0 Å². The molecule has 2 heterocycles. The Morgan fingerprint density at radius 2 is 2.10 bits per heavy atom. The van der Waals surface area contributed by atoms with E-state index in [0.29, 0.717) is 12.1 Å². The van der Waals surface area contributed by atoms with E-state index in [-0.39, 0.29) is 5.56 Å². The summed E-state index contributed by atoms with van der Waals surface area (Å²) in [5, 5.41) is 0.700. The van der Waals surface area contributed by atoms with Gasteiger partial charge in [0.25, 0.3) is 5.56 Å². The van der Waals surface area contributed by atoms with Crippen molar-refractivity contribution in [3.63, 3.8) is 0 Å². The quantitative estimate of drug-likeness (QED) is 0.655. The van der Waals surface area contributed by atoms with Crippen LogP contribution in [-0.2, 0) is 11.5 Å². The Hall–Kier alpha value is -0.853. The number of ether oxygens (including phenoxy) is 1. The highest BCUT2D eigenvalue weighted by Gasteiger charge is 2.14. The number of rotatable bonds is 5. The van der Waals surface area contributed by atoms with Crippen LogP contribution in [0, 0.1) is 6.92 Å². The third-order valence-corrected chi connectivity index (χ3v) is 5.63. The number of fused-ring (bicyclic) bond motifs is 1. The third-order valence-electron chi connectivity index (χ3n) is 3.32. The predicted molar refractivity (Wildman–Crippen MR) is 89.1 cm³/mol. The molecule has 20 heavy (non-hydrogen) atoms. The lowest BCUT2D eigenvalue weighted by molar-refractivity contribution is 0.0889. The van der Waals surface area contributed by atoms with Gasteiger partial charge in [0.1, 0.15) is 6.73 Å². The van der Waals surface area contributed by atoms with Crippen LogP contribution in [0.4, 0.5) is 0 Å². The van der Waals surface area contributed by atoms with Gasteiger partial charge in [-0.1, -0.05) is 19.6 Å². The van der Waals surface area contributed by atoms with Crippen molar-refractivity contribution in [2.45, 2.75) is 39.3 Å². The van der Waals surface area contributed by atoms with E-state index in [1.807, 2.05) is 17.6 Å². The van der Waals surface area contributed by atoms with Gasteiger partial charge < -0.3 is 14.3 Å². The fourth-order valence-corrected chi connectivity index (χ4v) is 3.38. The van der Waals surface area contributed by atoms with Crippen LogP contribution in [0.3, 0.4) is 0 Å². The average molecular weight is 357 g/mol. The first kappa shape index (κ1) is 15.5. The number of nitrogens with one attached hydrogen (secondary N) is 1. The van der Waals surface area contributed by atoms with Gasteiger partial charge in [0.05, 0.1) is 15.4 Å². The lowest BCUT2D eigenvalue weighted by Crippen LogP contribution is -2.22. The molecule has 0 aromatic carbocycles. The molecule has 1 N–H and O–H groups in total. The molecular weight excluding hydrogens is 336 g/mol. The number of aromatic nitrogens is 2. The van der Waals surface area contributed by atoms with Gasteiger partial charge in [-0.15, -0.1) is 0 Å². The number of aromatic amines is 1. The van der Waals surface area contributed by atoms with E-state index in [2.05, 4.69) is 40.6 Å². The lowest BCUT2D eigenvalue weighted by Gasteiger charge is -2.16. The highest BCUT2D eigenvalue weighted by atomic mass is 79.9. The predicted octanol–water partition coefficient (Wildman–Crippen LogP) is 3.71. The van der Waals surface area contributed by atoms with Gasteiger partial charge in [-0.2, -0.15) is 0 Å². The van der Waals surface area contributed by atoms with Gasteiger partial charge in [0.2, 0.25) is 0 Å². The molecule has 6 heteroatoms. The molecule has 110 valence electrons. The first-order valence-corrected chi connectivity index (χ1v) is 11.2. The van der Waals surface area contributed by atoms with Crippen molar-refractivity contribution in [3.8, 4) is 0 Å². The number of hydrogen-bond acceptors (Lipinski definition) is 2. The zero-order valence-electron chi connectivity index (χ0n) is 12.4. The zero-order valence-corrected chi connectivity index (χ0v) is 15.0. The molecule has 0 spiro atoms. The van der Waals surface area contributed by atoms with Gasteiger partial charge in [-0.25, -0.2) is 0 Å². The van der Waals surface area contributed by atoms with Crippen LogP contribution in [-0.4, -0.2) is 24.2 Å². The normalized spacial score (nSPS) is 12.2. The van der Waals surface area contributed by atoms with Gasteiger partial charge >= 0.3 is 0 Å². The maximum absolute atomic E-state index is 11.8. The number of hydrogen-bond donors (Lipinski definition) is 1. The molecule has 0 saturated heterocycles. The smallest absolute Gasteiger partial charge is 0.257 e. The molecule has 0 unspecified atom stereocenters. The second-order valence-electron chi connectivity index (χ2n) is 6.29. The summed E-state index contributed by atoms with van der Waals surface area (Å²) in [5.41, 5.74) is 1.87. The van der Waals surface area contributed by atoms with Crippen molar-refractivity contribution >= 4 is 34.9 Å². The first-order chi connectivity index (χ1) is 9.29. The van der Waals surface area contributed by atoms with Gasteiger partial charge in [0, 0.05) is 26.6 Å². The number of halogens is 1. The van der Waals surface area contributed by atoms with Crippen molar-refractivity contribution in [1.29, 1.82) is 0 Å². The van der Waals surface area contributed by atoms with E-state index < -0.39 is 8.07 Å². The molecule has 0 atom stereocenters. The summed E-state index contributed by atoms with van der Waals surface area (Å²) in [6, 6.07) is 3.05. The van der Waals surface area contributed by atoms with Crippen molar-refractivity contribution < 1.29 is 4.74 Å². The van der Waals surface area contributed by atoms with Crippen LogP contribution >= 0.6 is 15.9 Å². The number of pyridine rings is 1. The molecular formula is C14H21BrN2O2Si. The first-order valence-electron chi connectivity index (χ1n) is 6.74. The van der Waals surface area contributed by atoms with Crippen LogP contribution in [0.1, 0.15) is 5.69 Å². The number of aryl methyl sites for hydroxylation is 1. The Bertz CT molecular complexity index is 670. The standard InChI is InChI=1S/C14H21BrN2O2Si/c1-10-7-11-13(12(15)8-16-14(11)18)17(10)9-19-5-6-20(2,3)4/h7-8H,5-6,9H2,1-4H3,(H,16,18). The van der Waals surface area contributed by atoms with E-state index >= 15 is 0 Å². The molecule has 4 nitrogen and oxygen atoms in total. The Labute approximate surface area is 128 Å². The van der Waals surface area contributed by atoms with Gasteiger partial charge in [0.15, 0.2) is 0 Å². The molecule has 0 aliphatic rings. The van der Waals surface area contributed by atoms with Crippen LogP contribution in [0.2, 0.25) is 25.7 Å². The summed E-state index contributed by atoms with van der Waals surface area (Å²) in [7, 11) is -1.06. The van der Waals surface area contributed by atoms with E-state index in [0.717, 1.165) is 28.3 Å². The fraction of sp³-hybridized carbons (Fsp3) is 0.500. The van der Waals surface area contributed by atoms with Crippen molar-refractivity contribution in [1.82, 2.24) is 9.55 Å². The molecule has 2 aromatic rings. The summed E-state index contributed by atoms with van der Waals surface area (Å²) in [5.74, 6) is 0. The Morgan fingerprint density at radius 1 is 1.40 bits per heavy atom. The molecule has 0 amide bonds. The summed E-state index contributed by atoms with van der Waals surface area (Å²) >= 11 is 3.50. The van der Waals surface area contributed by atoms with Crippen molar-refractivity contribution in [2.75, 3.05) is 6.61 Å². The number of H-pyrrole nitrogens is 1. The Kier molecular flexibility index (Phi) is 4.56. The van der Waals surface area contributed by atoms with E-state index in [9.17, 15) is 4.79 Å². The maximum Gasteiger partial charge on any atom is 0.257 e.